The average molecular weight is 260 g/mol. The van der Waals surface area contributed by atoms with E-state index in [2.05, 4.69) is 17.2 Å². The van der Waals surface area contributed by atoms with E-state index < -0.39 is 0 Å². The summed E-state index contributed by atoms with van der Waals surface area (Å²) in [4.78, 5) is 4.19. The van der Waals surface area contributed by atoms with Crippen molar-refractivity contribution >= 4 is 11.1 Å². The van der Waals surface area contributed by atoms with Gasteiger partial charge in [0.2, 0.25) is 0 Å². The van der Waals surface area contributed by atoms with Gasteiger partial charge in [-0.25, -0.2) is 4.98 Å². The van der Waals surface area contributed by atoms with E-state index in [4.69, 9.17) is 4.42 Å². The van der Waals surface area contributed by atoms with Gasteiger partial charge in [0.1, 0.15) is 5.52 Å². The van der Waals surface area contributed by atoms with Crippen molar-refractivity contribution in [2.24, 2.45) is 5.92 Å². The highest BCUT2D eigenvalue weighted by molar-refractivity contribution is 5.73. The van der Waals surface area contributed by atoms with E-state index >= 15 is 0 Å². The molecule has 3 rings (SSSR count). The largest absolute Gasteiger partial charge is 0.441 e. The molecule has 3 nitrogen and oxygen atoms in total. The van der Waals surface area contributed by atoms with E-state index in [1.165, 1.54) is 37.9 Å². The second-order valence-corrected chi connectivity index (χ2v) is 5.31. The highest BCUT2D eigenvalue weighted by atomic mass is 16.3. The number of nitrogens with one attached hydrogen (secondary N) is 1. The number of aromatic nitrogens is 1. The lowest BCUT2D eigenvalue weighted by atomic mass is 9.96. The number of piperidine rings is 1. The predicted molar refractivity (Wildman–Crippen MR) is 79.4 cm³/mol. The fraction of sp³-hybridized carbons (Fsp3) is 0.562. The summed E-state index contributed by atoms with van der Waals surface area (Å²) in [5.41, 5.74) is 3.02. The maximum atomic E-state index is 5.34. The Bertz CT molecular complexity index is 512. The smallest absolute Gasteiger partial charge is 0.192 e. The van der Waals surface area contributed by atoms with E-state index in [0.29, 0.717) is 0 Å². The molecule has 0 spiro atoms. The summed E-state index contributed by atoms with van der Waals surface area (Å²) < 4.78 is 5.34. The van der Waals surface area contributed by atoms with Crippen LogP contribution < -0.4 is 5.32 Å². The van der Waals surface area contributed by atoms with Gasteiger partial charge < -0.3 is 9.73 Å². The normalized spacial score (nSPS) is 16.2. The third-order valence-electron chi connectivity index (χ3n) is 3.69. The van der Waals surface area contributed by atoms with Gasteiger partial charge in [-0.3, -0.25) is 0 Å². The maximum absolute atomic E-state index is 5.34. The van der Waals surface area contributed by atoms with Crippen LogP contribution in [0.25, 0.3) is 11.1 Å². The van der Waals surface area contributed by atoms with Crippen LogP contribution in [0.3, 0.4) is 0 Å². The fourth-order valence-electron chi connectivity index (χ4n) is 2.44. The number of benzene rings is 1. The molecule has 1 N–H and O–H groups in total. The van der Waals surface area contributed by atoms with Crippen LogP contribution in [-0.2, 0) is 0 Å². The standard InChI is InChI=1S/C9H9NO.C7H15N/c1-6-3-4-8-9(5-6)11-7(2)10-8;1-2-7-3-5-8-6-4-7/h3-5H,1-2H3;7-8H,2-6H2,1H3. The SMILES string of the molecule is CCC1CCNCC1.Cc1ccc2nc(C)oc2c1. The molecule has 104 valence electrons. The van der Waals surface area contributed by atoms with Gasteiger partial charge in [0.05, 0.1) is 0 Å². The van der Waals surface area contributed by atoms with Gasteiger partial charge in [0, 0.05) is 6.92 Å². The number of aryl methyl sites for hydroxylation is 2. The number of hydrogen-bond donors (Lipinski definition) is 1. The second-order valence-electron chi connectivity index (χ2n) is 5.31. The van der Waals surface area contributed by atoms with Crippen LogP contribution in [0.2, 0.25) is 0 Å². The highest BCUT2D eigenvalue weighted by Crippen LogP contribution is 2.16. The molecule has 2 heterocycles. The van der Waals surface area contributed by atoms with Crippen LogP contribution in [0.15, 0.2) is 22.6 Å². The van der Waals surface area contributed by atoms with Gasteiger partial charge in [0.15, 0.2) is 11.5 Å². The maximum Gasteiger partial charge on any atom is 0.192 e. The highest BCUT2D eigenvalue weighted by Gasteiger charge is 2.08. The molecule has 0 unspecified atom stereocenters. The Labute approximate surface area is 115 Å². The molecule has 1 aliphatic heterocycles. The van der Waals surface area contributed by atoms with Crippen molar-refractivity contribution < 1.29 is 4.42 Å². The third-order valence-corrected chi connectivity index (χ3v) is 3.69. The Hall–Kier alpha value is -1.35. The van der Waals surface area contributed by atoms with Crippen LogP contribution in [-0.4, -0.2) is 18.1 Å². The topological polar surface area (TPSA) is 38.1 Å². The van der Waals surface area contributed by atoms with Crippen molar-refractivity contribution in [2.45, 2.75) is 40.0 Å². The molecule has 0 saturated carbocycles. The summed E-state index contributed by atoms with van der Waals surface area (Å²) in [6.45, 7) is 8.68. The van der Waals surface area contributed by atoms with E-state index in [1.807, 2.05) is 32.0 Å². The first kappa shape index (κ1) is 14.1. The minimum Gasteiger partial charge on any atom is -0.441 e. The Morgan fingerprint density at radius 2 is 2.00 bits per heavy atom. The van der Waals surface area contributed by atoms with Crippen molar-refractivity contribution in [1.82, 2.24) is 10.3 Å². The molecule has 1 fully saturated rings. The second kappa shape index (κ2) is 6.71. The number of fused-ring (bicyclic) bond motifs is 1. The van der Waals surface area contributed by atoms with Crippen molar-refractivity contribution in [1.29, 1.82) is 0 Å². The number of rotatable bonds is 1. The van der Waals surface area contributed by atoms with E-state index in [-0.39, 0.29) is 0 Å². The Kier molecular flexibility index (Phi) is 4.97. The van der Waals surface area contributed by atoms with Gasteiger partial charge in [-0.15, -0.1) is 0 Å². The zero-order valence-electron chi connectivity index (χ0n) is 12.2. The summed E-state index contributed by atoms with van der Waals surface area (Å²) in [6, 6.07) is 6.00. The molecule has 1 aliphatic rings. The number of oxazole rings is 1. The summed E-state index contributed by atoms with van der Waals surface area (Å²) in [7, 11) is 0. The summed E-state index contributed by atoms with van der Waals surface area (Å²) in [6.07, 6.45) is 4.18. The van der Waals surface area contributed by atoms with Crippen molar-refractivity contribution in [2.75, 3.05) is 13.1 Å². The summed E-state index contributed by atoms with van der Waals surface area (Å²) in [5.74, 6) is 1.75. The molecular weight excluding hydrogens is 236 g/mol. The van der Waals surface area contributed by atoms with Crippen molar-refractivity contribution in [3.8, 4) is 0 Å². The van der Waals surface area contributed by atoms with Gasteiger partial charge in [-0.2, -0.15) is 0 Å². The lowest BCUT2D eigenvalue weighted by molar-refractivity contribution is 0.365. The van der Waals surface area contributed by atoms with Gasteiger partial charge >= 0.3 is 0 Å². The first-order valence-corrected chi connectivity index (χ1v) is 7.23. The lowest BCUT2D eigenvalue weighted by Gasteiger charge is -2.20. The van der Waals surface area contributed by atoms with Crippen LogP contribution in [0, 0.1) is 19.8 Å². The van der Waals surface area contributed by atoms with E-state index in [9.17, 15) is 0 Å². The number of hydrogen-bond acceptors (Lipinski definition) is 3. The molecule has 1 aromatic heterocycles. The minimum absolute atomic E-state index is 0.727. The number of nitrogens with zero attached hydrogens (tertiary/aromatic N) is 1. The summed E-state index contributed by atoms with van der Waals surface area (Å²) >= 11 is 0. The zero-order valence-corrected chi connectivity index (χ0v) is 12.2. The van der Waals surface area contributed by atoms with Crippen LogP contribution in [0.5, 0.6) is 0 Å². The third kappa shape index (κ3) is 4.06. The molecule has 19 heavy (non-hydrogen) atoms. The van der Waals surface area contributed by atoms with E-state index in [0.717, 1.165) is 22.9 Å². The lowest BCUT2D eigenvalue weighted by Crippen LogP contribution is -2.27. The summed E-state index contributed by atoms with van der Waals surface area (Å²) in [5, 5.41) is 3.35. The van der Waals surface area contributed by atoms with Gasteiger partial charge in [-0.05, 0) is 56.5 Å². The average Bonchev–Trinajstić information content (AvgIpc) is 2.79. The quantitative estimate of drug-likeness (QED) is 0.846. The molecule has 0 radical (unpaired) electrons. The molecule has 0 bridgehead atoms. The van der Waals surface area contributed by atoms with Crippen molar-refractivity contribution in [3.05, 3.63) is 29.7 Å². The molecular formula is C16H24N2O. The molecule has 3 heteroatoms. The molecule has 1 aromatic carbocycles. The zero-order chi connectivity index (χ0) is 13.7. The Morgan fingerprint density at radius 1 is 1.26 bits per heavy atom. The van der Waals surface area contributed by atoms with Gasteiger partial charge in [-0.1, -0.05) is 19.4 Å². The first-order chi connectivity index (χ1) is 9.19. The Morgan fingerprint density at radius 3 is 2.63 bits per heavy atom. The Balaban J connectivity index is 0.000000148. The van der Waals surface area contributed by atoms with Gasteiger partial charge in [0.25, 0.3) is 0 Å². The fourth-order valence-corrected chi connectivity index (χ4v) is 2.44. The van der Waals surface area contributed by atoms with Crippen molar-refractivity contribution in [3.63, 3.8) is 0 Å². The van der Waals surface area contributed by atoms with E-state index in [1.54, 1.807) is 0 Å². The molecule has 0 atom stereocenters. The van der Waals surface area contributed by atoms with Crippen LogP contribution in [0.4, 0.5) is 0 Å². The minimum atomic E-state index is 0.727. The van der Waals surface area contributed by atoms with Crippen LogP contribution in [0.1, 0.15) is 37.6 Å². The molecule has 0 aliphatic carbocycles. The molecule has 0 amide bonds. The predicted octanol–water partition coefficient (Wildman–Crippen LogP) is 3.84. The molecule has 1 saturated heterocycles. The monoisotopic (exact) mass is 260 g/mol. The first-order valence-electron chi connectivity index (χ1n) is 7.23. The van der Waals surface area contributed by atoms with Crippen LogP contribution >= 0.6 is 0 Å². The molecule has 2 aromatic rings.